The first kappa shape index (κ1) is 6.05. The van der Waals surface area contributed by atoms with E-state index in [-0.39, 0.29) is 0 Å². The number of hydrogen-bond donors (Lipinski definition) is 1. The predicted molar refractivity (Wildman–Crippen MR) is 34.7 cm³/mol. The van der Waals surface area contributed by atoms with Gasteiger partial charge in [0.05, 0.1) is 0 Å². The van der Waals surface area contributed by atoms with Crippen molar-refractivity contribution in [2.45, 2.75) is 24.9 Å². The molecule has 0 aromatic heterocycles. The van der Waals surface area contributed by atoms with Crippen LogP contribution in [0.15, 0.2) is 0 Å². The minimum Gasteiger partial charge on any atom is -0.328 e. The molecule has 8 heavy (non-hydrogen) atoms. The summed E-state index contributed by atoms with van der Waals surface area (Å²) < 4.78 is 0. The van der Waals surface area contributed by atoms with Crippen LogP contribution in [0.1, 0.15) is 12.8 Å². The molecule has 48 valence electrons. The molecule has 1 fully saturated rings. The van der Waals surface area contributed by atoms with Crippen LogP contribution in [-0.4, -0.2) is 31.1 Å². The van der Waals surface area contributed by atoms with Gasteiger partial charge in [-0.1, -0.05) is 0 Å². The standard InChI is InChI=1S/C6H14N2/c1-8(2)6-3-5(7)4-6/h5-6H,3-4,7H2,1-2H3/t5-,6+. The van der Waals surface area contributed by atoms with Crippen molar-refractivity contribution in [1.29, 1.82) is 0 Å². The van der Waals surface area contributed by atoms with E-state index in [0.717, 1.165) is 6.04 Å². The van der Waals surface area contributed by atoms with Crippen LogP contribution in [0.25, 0.3) is 0 Å². The molecule has 0 amide bonds. The minimum absolute atomic E-state index is 0.488. The first-order valence-corrected chi connectivity index (χ1v) is 3.12. The Bertz CT molecular complexity index is 74.6. The van der Waals surface area contributed by atoms with Crippen LogP contribution in [-0.2, 0) is 0 Å². The maximum Gasteiger partial charge on any atom is 0.0119 e. The highest BCUT2D eigenvalue weighted by Gasteiger charge is 2.26. The van der Waals surface area contributed by atoms with Gasteiger partial charge in [-0.25, -0.2) is 0 Å². The Morgan fingerprint density at radius 1 is 1.38 bits per heavy atom. The van der Waals surface area contributed by atoms with Gasteiger partial charge in [0.25, 0.3) is 0 Å². The van der Waals surface area contributed by atoms with E-state index in [1.54, 1.807) is 0 Å². The highest BCUT2D eigenvalue weighted by Crippen LogP contribution is 2.20. The summed E-state index contributed by atoms with van der Waals surface area (Å²) >= 11 is 0. The number of rotatable bonds is 1. The van der Waals surface area contributed by atoms with Crippen molar-refractivity contribution < 1.29 is 0 Å². The fourth-order valence-electron chi connectivity index (χ4n) is 1.05. The summed E-state index contributed by atoms with van der Waals surface area (Å²) in [5.74, 6) is 0. The van der Waals surface area contributed by atoms with Gasteiger partial charge in [0.2, 0.25) is 0 Å². The highest BCUT2D eigenvalue weighted by atomic mass is 15.1. The summed E-state index contributed by atoms with van der Waals surface area (Å²) in [4.78, 5) is 2.24. The molecule has 0 heterocycles. The topological polar surface area (TPSA) is 29.3 Å². The average Bonchev–Trinajstić information content (AvgIpc) is 1.57. The molecule has 2 heteroatoms. The third-order valence-electron chi connectivity index (χ3n) is 1.88. The molecule has 1 rings (SSSR count). The fourth-order valence-corrected chi connectivity index (χ4v) is 1.05. The summed E-state index contributed by atoms with van der Waals surface area (Å²) in [6, 6.07) is 1.26. The van der Waals surface area contributed by atoms with Gasteiger partial charge in [-0.2, -0.15) is 0 Å². The van der Waals surface area contributed by atoms with E-state index in [0.29, 0.717) is 6.04 Å². The Balaban J connectivity index is 2.15. The van der Waals surface area contributed by atoms with Crippen molar-refractivity contribution in [3.63, 3.8) is 0 Å². The largest absolute Gasteiger partial charge is 0.328 e. The number of nitrogens with two attached hydrogens (primary N) is 1. The first-order chi connectivity index (χ1) is 3.70. The predicted octanol–water partition coefficient (Wildman–Crippen LogP) is 0.0377. The van der Waals surface area contributed by atoms with Gasteiger partial charge < -0.3 is 10.6 Å². The van der Waals surface area contributed by atoms with Crippen molar-refractivity contribution >= 4 is 0 Å². The molecular formula is C6H14N2. The molecule has 0 atom stereocenters. The van der Waals surface area contributed by atoms with Crippen LogP contribution in [0.3, 0.4) is 0 Å². The highest BCUT2D eigenvalue weighted by molar-refractivity contribution is 4.86. The summed E-state index contributed by atoms with van der Waals surface area (Å²) in [7, 11) is 4.22. The van der Waals surface area contributed by atoms with Crippen LogP contribution in [0.5, 0.6) is 0 Å². The van der Waals surface area contributed by atoms with Crippen molar-refractivity contribution in [2.24, 2.45) is 5.73 Å². The summed E-state index contributed by atoms with van der Waals surface area (Å²) in [5, 5.41) is 0. The van der Waals surface area contributed by atoms with Crippen LogP contribution in [0.2, 0.25) is 0 Å². The lowest BCUT2D eigenvalue weighted by Crippen LogP contribution is -2.47. The van der Waals surface area contributed by atoms with E-state index < -0.39 is 0 Å². The van der Waals surface area contributed by atoms with Crippen molar-refractivity contribution in [2.75, 3.05) is 14.1 Å². The lowest BCUT2D eigenvalue weighted by atomic mass is 9.87. The molecular weight excluding hydrogens is 100 g/mol. The molecule has 0 aromatic rings. The van der Waals surface area contributed by atoms with Crippen LogP contribution < -0.4 is 5.73 Å². The SMILES string of the molecule is CN(C)[C@H]1C[C@@H](N)C1. The zero-order valence-electron chi connectivity index (χ0n) is 5.59. The second kappa shape index (κ2) is 2.03. The van der Waals surface area contributed by atoms with Crippen molar-refractivity contribution in [3.8, 4) is 0 Å². The normalized spacial score (nSPS) is 37.5. The molecule has 1 aliphatic rings. The molecule has 2 N–H and O–H groups in total. The summed E-state index contributed by atoms with van der Waals surface area (Å²) in [5.41, 5.74) is 5.58. The Morgan fingerprint density at radius 3 is 2.00 bits per heavy atom. The maximum absolute atomic E-state index is 5.58. The van der Waals surface area contributed by atoms with Gasteiger partial charge in [-0.3, -0.25) is 0 Å². The zero-order valence-corrected chi connectivity index (χ0v) is 5.59. The first-order valence-electron chi connectivity index (χ1n) is 3.12. The Hall–Kier alpha value is -0.0800. The smallest absolute Gasteiger partial charge is 0.0119 e. The number of hydrogen-bond acceptors (Lipinski definition) is 2. The minimum atomic E-state index is 0.488. The summed E-state index contributed by atoms with van der Waals surface area (Å²) in [6.07, 6.45) is 2.38. The zero-order chi connectivity index (χ0) is 6.15. The summed E-state index contributed by atoms with van der Waals surface area (Å²) in [6.45, 7) is 0. The molecule has 1 aliphatic carbocycles. The van der Waals surface area contributed by atoms with Crippen LogP contribution >= 0.6 is 0 Å². The molecule has 1 saturated carbocycles. The van der Waals surface area contributed by atoms with Gasteiger partial charge >= 0.3 is 0 Å². The van der Waals surface area contributed by atoms with Gasteiger partial charge in [0, 0.05) is 12.1 Å². The monoisotopic (exact) mass is 114 g/mol. The van der Waals surface area contributed by atoms with E-state index in [2.05, 4.69) is 19.0 Å². The molecule has 0 bridgehead atoms. The van der Waals surface area contributed by atoms with E-state index in [1.165, 1.54) is 12.8 Å². The fraction of sp³-hybridized carbons (Fsp3) is 1.00. The third-order valence-corrected chi connectivity index (χ3v) is 1.88. The van der Waals surface area contributed by atoms with Gasteiger partial charge in [-0.05, 0) is 26.9 Å². The van der Waals surface area contributed by atoms with Crippen LogP contribution in [0, 0.1) is 0 Å². The van der Waals surface area contributed by atoms with Gasteiger partial charge in [0.1, 0.15) is 0 Å². The molecule has 0 saturated heterocycles. The van der Waals surface area contributed by atoms with Crippen LogP contribution in [0.4, 0.5) is 0 Å². The Kier molecular flexibility index (Phi) is 1.54. The lowest BCUT2D eigenvalue weighted by Gasteiger charge is -2.37. The van der Waals surface area contributed by atoms with E-state index in [4.69, 9.17) is 5.73 Å². The van der Waals surface area contributed by atoms with Crippen molar-refractivity contribution in [1.82, 2.24) is 4.90 Å². The molecule has 0 aromatic carbocycles. The second-order valence-electron chi connectivity index (χ2n) is 2.85. The number of nitrogens with zero attached hydrogens (tertiary/aromatic N) is 1. The Labute approximate surface area is 50.7 Å². The lowest BCUT2D eigenvalue weighted by molar-refractivity contribution is 0.168. The molecule has 0 aliphatic heterocycles. The molecule has 2 nitrogen and oxygen atoms in total. The molecule has 0 radical (unpaired) electrons. The van der Waals surface area contributed by atoms with Gasteiger partial charge in [0.15, 0.2) is 0 Å². The van der Waals surface area contributed by atoms with Crippen molar-refractivity contribution in [3.05, 3.63) is 0 Å². The van der Waals surface area contributed by atoms with Gasteiger partial charge in [-0.15, -0.1) is 0 Å². The second-order valence-corrected chi connectivity index (χ2v) is 2.85. The van der Waals surface area contributed by atoms with E-state index in [1.807, 2.05) is 0 Å². The maximum atomic E-state index is 5.58. The molecule has 0 unspecified atom stereocenters. The third kappa shape index (κ3) is 1.01. The quantitative estimate of drug-likeness (QED) is 0.521. The average molecular weight is 114 g/mol. The molecule has 0 spiro atoms. The van der Waals surface area contributed by atoms with E-state index in [9.17, 15) is 0 Å². The van der Waals surface area contributed by atoms with E-state index >= 15 is 0 Å². The Morgan fingerprint density at radius 2 is 1.88 bits per heavy atom.